The molecule has 0 heterocycles. The van der Waals surface area contributed by atoms with Gasteiger partial charge in [0.15, 0.2) is 12.4 Å². The van der Waals surface area contributed by atoms with Gasteiger partial charge in [0.05, 0.1) is 6.61 Å². The third-order valence-electron chi connectivity index (χ3n) is 2.13. The summed E-state index contributed by atoms with van der Waals surface area (Å²) in [5.41, 5.74) is 0. The molecule has 0 unspecified atom stereocenters. The number of aliphatic hydroxyl groups is 2. The highest BCUT2D eigenvalue weighted by Gasteiger charge is 2.45. The summed E-state index contributed by atoms with van der Waals surface area (Å²) < 4.78 is 44.4. The van der Waals surface area contributed by atoms with Gasteiger partial charge in [-0.3, -0.25) is 13.6 Å². The van der Waals surface area contributed by atoms with E-state index in [-0.39, 0.29) is 0 Å². The summed E-state index contributed by atoms with van der Waals surface area (Å²) in [4.78, 5) is 63.2. The minimum absolute atomic E-state index is 0.431. The fourth-order valence-electron chi connectivity index (χ4n) is 1.40. The van der Waals surface area contributed by atoms with Crippen molar-refractivity contribution in [1.29, 1.82) is 0 Å². The Bertz CT molecular complexity index is 543. The van der Waals surface area contributed by atoms with Crippen LogP contribution in [0.2, 0.25) is 0 Å². The molecule has 15 nitrogen and oxygen atoms in total. The molecule has 0 aliphatic carbocycles. The molecule has 144 valence electrons. The number of rotatable bonds is 11. The van der Waals surface area contributed by atoms with Gasteiger partial charge in [0.25, 0.3) is 0 Å². The van der Waals surface area contributed by atoms with E-state index in [4.69, 9.17) is 34.5 Å². The van der Waals surface area contributed by atoms with Crippen molar-refractivity contribution in [3.63, 3.8) is 0 Å². The molecule has 0 aromatic carbocycles. The first-order valence-corrected chi connectivity index (χ1v) is 10.1. The van der Waals surface area contributed by atoms with Crippen molar-refractivity contribution < 1.29 is 71.6 Å². The molecule has 0 saturated carbocycles. The highest BCUT2D eigenvalue weighted by Crippen LogP contribution is 2.46. The lowest BCUT2D eigenvalue weighted by atomic mass is 10.0. The monoisotopic (exact) mass is 420 g/mol. The van der Waals surface area contributed by atoms with Crippen LogP contribution in [0.1, 0.15) is 0 Å². The minimum atomic E-state index is -5.54. The molecule has 0 fully saturated rings. The largest absolute Gasteiger partial charge is 0.470 e. The van der Waals surface area contributed by atoms with Crippen molar-refractivity contribution in [3.8, 4) is 0 Å². The Kier molecular flexibility index (Phi) is 9.00. The molecule has 0 aliphatic heterocycles. The number of hydrogen-bond acceptors (Lipinski definition) is 9. The first-order valence-electron chi connectivity index (χ1n) is 5.55. The lowest BCUT2D eigenvalue weighted by Crippen LogP contribution is -2.49. The van der Waals surface area contributed by atoms with Crippen LogP contribution in [0.3, 0.4) is 0 Å². The van der Waals surface area contributed by atoms with E-state index in [1.54, 1.807) is 0 Å². The number of aldehydes is 1. The highest BCUT2D eigenvalue weighted by molar-refractivity contribution is 7.47. The summed E-state index contributed by atoms with van der Waals surface area (Å²) in [6.07, 6.45) is -10.4. The zero-order valence-corrected chi connectivity index (χ0v) is 14.1. The number of aliphatic hydroxyl groups excluding tert-OH is 2. The third-order valence-corrected chi connectivity index (χ3v) is 3.68. The lowest BCUT2D eigenvalue weighted by Gasteiger charge is -2.32. The number of phosphoric ester groups is 3. The van der Waals surface area contributed by atoms with Gasteiger partial charge in [0.2, 0.25) is 0 Å². The SMILES string of the molecule is O=C[C@@H](OP(=O)(O)O)[C@H](OP(=O)(O)O)[C@@H](OP(=O)(O)O)[C@@H](O)CO. The van der Waals surface area contributed by atoms with Crippen LogP contribution >= 0.6 is 23.5 Å². The normalized spacial score (nSPS) is 18.7. The topological polar surface area (TPSA) is 258 Å². The Morgan fingerprint density at radius 3 is 1.46 bits per heavy atom. The predicted octanol–water partition coefficient (Wildman–Crippen LogP) is -3.03. The first kappa shape index (κ1) is 23.9. The quantitative estimate of drug-likeness (QED) is 0.122. The van der Waals surface area contributed by atoms with Crippen LogP contribution in [0.15, 0.2) is 0 Å². The van der Waals surface area contributed by atoms with Gasteiger partial charge in [-0.15, -0.1) is 0 Å². The molecule has 0 bridgehead atoms. The van der Waals surface area contributed by atoms with Gasteiger partial charge in [-0.25, -0.2) is 13.7 Å². The lowest BCUT2D eigenvalue weighted by molar-refractivity contribution is -0.131. The zero-order valence-electron chi connectivity index (χ0n) is 11.4. The highest BCUT2D eigenvalue weighted by atomic mass is 31.2. The number of hydrogen-bond donors (Lipinski definition) is 8. The van der Waals surface area contributed by atoms with Crippen LogP contribution in [0.5, 0.6) is 0 Å². The van der Waals surface area contributed by atoms with Crippen LogP contribution < -0.4 is 0 Å². The zero-order chi connectivity index (χ0) is 19.3. The van der Waals surface area contributed by atoms with Crippen molar-refractivity contribution in [2.24, 2.45) is 0 Å². The van der Waals surface area contributed by atoms with Crippen molar-refractivity contribution in [2.45, 2.75) is 24.4 Å². The molecule has 4 atom stereocenters. The summed E-state index contributed by atoms with van der Waals surface area (Å²) in [5, 5.41) is 18.3. The molecule has 0 radical (unpaired) electrons. The molecule has 0 rings (SSSR count). The number of carbonyl (C=O) groups is 1. The van der Waals surface area contributed by atoms with Gasteiger partial charge < -0.3 is 44.4 Å². The Labute approximate surface area is 133 Å². The average molecular weight is 420 g/mol. The summed E-state index contributed by atoms with van der Waals surface area (Å²) in [7, 11) is -16.5. The molecule has 0 spiro atoms. The van der Waals surface area contributed by atoms with E-state index >= 15 is 0 Å². The first-order chi connectivity index (χ1) is 10.6. The van der Waals surface area contributed by atoms with E-state index < -0.39 is 60.8 Å². The van der Waals surface area contributed by atoms with Gasteiger partial charge in [-0.05, 0) is 0 Å². The molecule has 0 aliphatic rings. The third kappa shape index (κ3) is 10.0. The Balaban J connectivity index is 5.91. The maximum Gasteiger partial charge on any atom is 0.470 e. The molecule has 8 N–H and O–H groups in total. The second kappa shape index (κ2) is 9.03. The standard InChI is InChI=1S/C6H15O15P3/c7-1-3(9)5(20-23(13,14)15)6(21-24(16,17)18)4(2-8)19-22(10,11)12/h2-7,9H,1H2,(H2,10,11,12)(H2,13,14,15)(H2,16,17,18)/t3-,4+,5-,6-/m0/s1. The molecule has 24 heavy (non-hydrogen) atoms. The Morgan fingerprint density at radius 1 is 0.792 bits per heavy atom. The van der Waals surface area contributed by atoms with Crippen LogP contribution in [-0.4, -0.2) is 76.9 Å². The van der Waals surface area contributed by atoms with Gasteiger partial charge in [-0.2, -0.15) is 0 Å². The average Bonchev–Trinajstić information content (AvgIpc) is 2.36. The molecular weight excluding hydrogens is 405 g/mol. The number of carbonyl (C=O) groups excluding carboxylic acids is 1. The van der Waals surface area contributed by atoms with E-state index in [2.05, 4.69) is 13.6 Å². The van der Waals surface area contributed by atoms with E-state index in [0.717, 1.165) is 0 Å². The Morgan fingerprint density at radius 2 is 1.17 bits per heavy atom. The molecule has 0 aromatic rings. The second-order valence-corrected chi connectivity index (χ2v) is 7.64. The van der Waals surface area contributed by atoms with Crippen LogP contribution in [-0.2, 0) is 32.1 Å². The predicted molar refractivity (Wildman–Crippen MR) is 69.9 cm³/mol. The fraction of sp³-hybridized carbons (Fsp3) is 0.833. The molecule has 18 heteroatoms. The van der Waals surface area contributed by atoms with Crippen molar-refractivity contribution in [1.82, 2.24) is 0 Å². The van der Waals surface area contributed by atoms with Crippen molar-refractivity contribution in [2.75, 3.05) is 6.61 Å². The summed E-state index contributed by atoms with van der Waals surface area (Å²) in [5.74, 6) is 0. The van der Waals surface area contributed by atoms with Crippen LogP contribution in [0.25, 0.3) is 0 Å². The van der Waals surface area contributed by atoms with Crippen LogP contribution in [0.4, 0.5) is 0 Å². The maximum atomic E-state index is 10.9. The maximum absolute atomic E-state index is 10.9. The van der Waals surface area contributed by atoms with Gasteiger partial charge in [0.1, 0.15) is 18.3 Å². The van der Waals surface area contributed by atoms with Gasteiger partial charge in [-0.1, -0.05) is 0 Å². The molecule has 0 aromatic heterocycles. The van der Waals surface area contributed by atoms with E-state index in [1.807, 2.05) is 0 Å². The Hall–Kier alpha value is -0.0800. The summed E-state index contributed by atoms with van der Waals surface area (Å²) in [6, 6.07) is 0. The van der Waals surface area contributed by atoms with Crippen molar-refractivity contribution >= 4 is 29.8 Å². The summed E-state index contributed by atoms with van der Waals surface area (Å²) in [6.45, 7) is -1.30. The second-order valence-electron chi connectivity index (χ2n) is 4.07. The van der Waals surface area contributed by atoms with E-state index in [1.165, 1.54) is 0 Å². The van der Waals surface area contributed by atoms with Gasteiger partial charge >= 0.3 is 23.5 Å². The smallest absolute Gasteiger partial charge is 0.394 e. The minimum Gasteiger partial charge on any atom is -0.394 e. The van der Waals surface area contributed by atoms with E-state index in [9.17, 15) is 23.6 Å². The fourth-order valence-corrected chi connectivity index (χ4v) is 3.02. The van der Waals surface area contributed by atoms with Gasteiger partial charge in [0, 0.05) is 0 Å². The molecular formula is C6H15O15P3. The van der Waals surface area contributed by atoms with Crippen molar-refractivity contribution in [3.05, 3.63) is 0 Å². The molecule has 0 saturated heterocycles. The summed E-state index contributed by atoms with van der Waals surface area (Å²) >= 11 is 0. The van der Waals surface area contributed by atoms with Crippen LogP contribution in [0, 0.1) is 0 Å². The molecule has 0 amide bonds. The number of phosphoric acid groups is 3. The van der Waals surface area contributed by atoms with E-state index in [0.29, 0.717) is 0 Å².